The molecule has 10 heteroatoms. The number of methoxy groups -OCH3 is 2. The number of anilines is 2. The van der Waals surface area contributed by atoms with E-state index >= 15 is 0 Å². The average Bonchev–Trinajstić information content (AvgIpc) is 3.00. The third kappa shape index (κ3) is 7.28. The normalized spacial score (nSPS) is 14.6. The summed E-state index contributed by atoms with van der Waals surface area (Å²) in [6.07, 6.45) is 2.37. The molecule has 1 saturated heterocycles. The highest BCUT2D eigenvalue weighted by Gasteiger charge is 2.29. The average molecular weight is 596 g/mol. The minimum absolute atomic E-state index is 0.0300. The molecule has 1 N–H and O–H groups in total. The molecule has 1 aliphatic heterocycles. The summed E-state index contributed by atoms with van der Waals surface area (Å²) in [7, 11) is -1.25. The number of sulfonamides is 1. The first kappa shape index (κ1) is 31.0. The lowest BCUT2D eigenvalue weighted by molar-refractivity contribution is -0.120. The van der Waals surface area contributed by atoms with E-state index in [1.165, 1.54) is 50.9 Å². The number of hydrogen-bond acceptors (Lipinski definition) is 7. The van der Waals surface area contributed by atoms with Gasteiger partial charge in [0.05, 0.1) is 37.5 Å². The zero-order valence-corrected chi connectivity index (χ0v) is 25.8. The van der Waals surface area contributed by atoms with Crippen molar-refractivity contribution in [2.24, 2.45) is 5.92 Å². The maximum absolute atomic E-state index is 13.9. The van der Waals surface area contributed by atoms with Crippen LogP contribution in [-0.2, 0) is 14.8 Å². The molecule has 1 fully saturated rings. The van der Waals surface area contributed by atoms with Crippen LogP contribution in [-0.4, -0.2) is 54.8 Å². The lowest BCUT2D eigenvalue weighted by atomic mass is 9.98. The molecule has 1 heterocycles. The van der Waals surface area contributed by atoms with Crippen LogP contribution >= 0.6 is 0 Å². The molecule has 0 aliphatic carbocycles. The Bertz CT molecular complexity index is 1440. The van der Waals surface area contributed by atoms with Crippen molar-refractivity contribution < 1.29 is 27.4 Å². The molecule has 0 radical (unpaired) electrons. The van der Waals surface area contributed by atoms with Crippen molar-refractivity contribution in [3.8, 4) is 17.2 Å². The number of rotatable bonds is 12. The molecule has 3 aromatic rings. The van der Waals surface area contributed by atoms with Crippen LogP contribution in [0.1, 0.15) is 45.2 Å². The van der Waals surface area contributed by atoms with E-state index in [0.717, 1.165) is 28.9 Å². The van der Waals surface area contributed by atoms with Gasteiger partial charge in [0.2, 0.25) is 5.91 Å². The molecule has 0 aromatic heterocycles. The highest BCUT2D eigenvalue weighted by molar-refractivity contribution is 7.92. The molecule has 4 rings (SSSR count). The van der Waals surface area contributed by atoms with E-state index in [4.69, 9.17) is 14.2 Å². The summed E-state index contributed by atoms with van der Waals surface area (Å²) in [5, 5.41) is 2.97. The van der Waals surface area contributed by atoms with E-state index in [9.17, 15) is 13.2 Å². The summed E-state index contributed by atoms with van der Waals surface area (Å²) in [6.45, 7) is 8.20. The molecule has 0 saturated carbocycles. The Balaban J connectivity index is 1.54. The van der Waals surface area contributed by atoms with Gasteiger partial charge in [0, 0.05) is 24.8 Å². The number of nitrogens with one attached hydrogen (secondary N) is 1. The topological polar surface area (TPSA) is 97.4 Å². The Morgan fingerprint density at radius 3 is 2.21 bits per heavy atom. The van der Waals surface area contributed by atoms with Crippen LogP contribution in [0.4, 0.5) is 11.4 Å². The number of benzene rings is 3. The van der Waals surface area contributed by atoms with Crippen LogP contribution in [0.3, 0.4) is 0 Å². The molecule has 0 bridgehead atoms. The van der Waals surface area contributed by atoms with Gasteiger partial charge in [-0.3, -0.25) is 9.10 Å². The highest BCUT2D eigenvalue weighted by atomic mass is 32.2. The van der Waals surface area contributed by atoms with E-state index in [1.54, 1.807) is 24.3 Å². The SMILES string of the molecule is CCOc1ccc(N(CC(=O)NC(C)c2ccc(N3CCC(C)CC3)cc2)S(=O)(=O)c2ccc(OC)c(OC)c2)cc1. The van der Waals surface area contributed by atoms with Gasteiger partial charge in [-0.2, -0.15) is 0 Å². The second kappa shape index (κ2) is 13.8. The highest BCUT2D eigenvalue weighted by Crippen LogP contribution is 2.33. The van der Waals surface area contributed by atoms with Crippen LogP contribution in [0, 0.1) is 5.92 Å². The smallest absolute Gasteiger partial charge is 0.264 e. The van der Waals surface area contributed by atoms with E-state index < -0.39 is 22.5 Å². The summed E-state index contributed by atoms with van der Waals surface area (Å²) in [4.78, 5) is 15.7. The summed E-state index contributed by atoms with van der Waals surface area (Å²) in [5.74, 6) is 1.59. The molecular formula is C32H41N3O6S. The van der Waals surface area contributed by atoms with Gasteiger partial charge in [-0.05, 0) is 86.7 Å². The van der Waals surface area contributed by atoms with Crippen molar-refractivity contribution in [2.75, 3.05) is 49.7 Å². The number of carbonyl (C=O) groups excluding carboxylic acids is 1. The third-order valence-corrected chi connectivity index (χ3v) is 9.36. The van der Waals surface area contributed by atoms with Crippen LogP contribution in [0.5, 0.6) is 17.2 Å². The van der Waals surface area contributed by atoms with Gasteiger partial charge in [0.15, 0.2) is 11.5 Å². The number of piperidine rings is 1. The number of nitrogens with zero attached hydrogens (tertiary/aromatic N) is 2. The molecule has 1 atom stereocenters. The van der Waals surface area contributed by atoms with Crippen molar-refractivity contribution in [1.29, 1.82) is 0 Å². The standard InChI is InChI=1S/C32H41N3O6S/c1-6-41-28-13-11-27(12-14-28)35(42(37,38)29-15-16-30(39-4)31(21-29)40-5)22-32(36)33-24(3)25-7-9-26(10-8-25)34-19-17-23(2)18-20-34/h7-16,21,23-24H,6,17-20,22H2,1-5H3,(H,33,36). The predicted octanol–water partition coefficient (Wildman–Crippen LogP) is 5.41. The van der Waals surface area contributed by atoms with Crippen molar-refractivity contribution in [3.05, 3.63) is 72.3 Å². The molecule has 226 valence electrons. The first-order valence-electron chi connectivity index (χ1n) is 14.3. The summed E-state index contributed by atoms with van der Waals surface area (Å²) in [5.41, 5.74) is 2.44. The first-order valence-corrected chi connectivity index (χ1v) is 15.7. The largest absolute Gasteiger partial charge is 0.494 e. The summed E-state index contributed by atoms with van der Waals surface area (Å²) >= 11 is 0. The Morgan fingerprint density at radius 1 is 0.976 bits per heavy atom. The maximum Gasteiger partial charge on any atom is 0.264 e. The number of ether oxygens (including phenoxy) is 3. The fraction of sp³-hybridized carbons (Fsp3) is 0.406. The van der Waals surface area contributed by atoms with E-state index in [2.05, 4.69) is 29.3 Å². The van der Waals surface area contributed by atoms with E-state index in [1.807, 2.05) is 26.0 Å². The summed E-state index contributed by atoms with van der Waals surface area (Å²) < 4.78 is 45.1. The first-order chi connectivity index (χ1) is 20.2. The Kier molecular flexibility index (Phi) is 10.2. The monoisotopic (exact) mass is 595 g/mol. The quantitative estimate of drug-likeness (QED) is 0.299. The van der Waals surface area contributed by atoms with Gasteiger partial charge in [-0.15, -0.1) is 0 Å². The minimum Gasteiger partial charge on any atom is -0.494 e. The van der Waals surface area contributed by atoms with Crippen molar-refractivity contribution in [3.63, 3.8) is 0 Å². The van der Waals surface area contributed by atoms with Crippen LogP contribution in [0.25, 0.3) is 0 Å². The molecule has 1 amide bonds. The van der Waals surface area contributed by atoms with Crippen LogP contribution in [0.2, 0.25) is 0 Å². The second-order valence-corrected chi connectivity index (χ2v) is 12.4. The second-order valence-electron chi connectivity index (χ2n) is 10.5. The molecular weight excluding hydrogens is 554 g/mol. The number of carbonyl (C=O) groups is 1. The Morgan fingerprint density at radius 2 is 1.62 bits per heavy atom. The van der Waals surface area contributed by atoms with Gasteiger partial charge in [0.1, 0.15) is 12.3 Å². The molecule has 9 nitrogen and oxygen atoms in total. The molecule has 0 spiro atoms. The van der Waals surface area contributed by atoms with Crippen molar-refractivity contribution in [1.82, 2.24) is 5.32 Å². The van der Waals surface area contributed by atoms with E-state index in [-0.39, 0.29) is 16.7 Å². The van der Waals surface area contributed by atoms with Crippen LogP contribution < -0.4 is 28.7 Å². The van der Waals surface area contributed by atoms with Crippen molar-refractivity contribution in [2.45, 2.75) is 44.6 Å². The zero-order chi connectivity index (χ0) is 30.3. The maximum atomic E-state index is 13.9. The van der Waals surface area contributed by atoms with Gasteiger partial charge in [-0.1, -0.05) is 19.1 Å². The summed E-state index contributed by atoms with van der Waals surface area (Å²) in [6, 6.07) is 18.8. The fourth-order valence-corrected chi connectivity index (χ4v) is 6.47. The molecule has 1 aliphatic rings. The number of amides is 1. The van der Waals surface area contributed by atoms with Gasteiger partial charge < -0.3 is 24.4 Å². The Labute approximate surface area is 249 Å². The van der Waals surface area contributed by atoms with E-state index in [0.29, 0.717) is 23.8 Å². The fourth-order valence-electron chi connectivity index (χ4n) is 5.04. The van der Waals surface area contributed by atoms with Gasteiger partial charge in [-0.25, -0.2) is 8.42 Å². The lowest BCUT2D eigenvalue weighted by Crippen LogP contribution is -2.41. The molecule has 3 aromatic carbocycles. The predicted molar refractivity (Wildman–Crippen MR) is 165 cm³/mol. The molecule has 42 heavy (non-hydrogen) atoms. The third-order valence-electron chi connectivity index (χ3n) is 7.59. The van der Waals surface area contributed by atoms with Crippen LogP contribution in [0.15, 0.2) is 71.6 Å². The minimum atomic E-state index is -4.16. The molecule has 1 unspecified atom stereocenters. The van der Waals surface area contributed by atoms with Gasteiger partial charge >= 0.3 is 0 Å². The Hall–Kier alpha value is -3.92. The van der Waals surface area contributed by atoms with Crippen molar-refractivity contribution >= 4 is 27.3 Å². The zero-order valence-electron chi connectivity index (χ0n) is 25.0. The number of hydrogen-bond donors (Lipinski definition) is 1. The van der Waals surface area contributed by atoms with Gasteiger partial charge in [0.25, 0.3) is 10.0 Å². The lowest BCUT2D eigenvalue weighted by Gasteiger charge is -2.32.